The summed E-state index contributed by atoms with van der Waals surface area (Å²) in [6, 6.07) is 6.46. The van der Waals surface area contributed by atoms with Crippen molar-refractivity contribution in [2.45, 2.75) is 51.6 Å². The van der Waals surface area contributed by atoms with Crippen molar-refractivity contribution in [3.63, 3.8) is 0 Å². The fraction of sp³-hybridized carbons (Fsp3) is 0.406. The molecule has 1 amide bonds. The SMILES string of the molecule is CCOC(=O)C1CCC(C(=O)OCC)N1C/C=C/C(=O)Nc1cc2c(Nc3ccc(F)c(Cl)c3)ncnc2cc1OCC1CC1. The van der Waals surface area contributed by atoms with Gasteiger partial charge in [0.15, 0.2) is 0 Å². The number of carbonyl (C=O) groups excluding carboxylic acids is 3. The number of anilines is 3. The zero-order valence-corrected chi connectivity index (χ0v) is 25.8. The standard InChI is InChI=1S/C32H35ClFN5O6/c1-3-43-31(41)26-11-12-27(32(42)44-4-2)39(26)13-5-6-29(40)38-25-15-21-24(16-28(25)45-17-19-7-8-19)35-18-36-30(21)37-20-9-10-23(34)22(33)14-20/h5-6,9-10,14-16,18-19,26-27H,3-4,7-8,11-13,17H2,1-2H3,(H,38,40)(H,35,36,37)/b6-5+. The topological polar surface area (TPSA) is 132 Å². The van der Waals surface area contributed by atoms with E-state index in [1.165, 1.54) is 30.6 Å². The van der Waals surface area contributed by atoms with E-state index in [4.69, 9.17) is 25.8 Å². The third kappa shape index (κ3) is 8.06. The van der Waals surface area contributed by atoms with Gasteiger partial charge in [-0.2, -0.15) is 0 Å². The minimum atomic E-state index is -0.614. The van der Waals surface area contributed by atoms with E-state index in [0.717, 1.165) is 12.8 Å². The number of amides is 1. The maximum Gasteiger partial charge on any atom is 0.323 e. The summed E-state index contributed by atoms with van der Waals surface area (Å²) in [6.07, 6.45) is 7.41. The van der Waals surface area contributed by atoms with Crippen LogP contribution in [-0.4, -0.2) is 71.2 Å². The Labute approximate surface area is 265 Å². The molecule has 2 atom stereocenters. The summed E-state index contributed by atoms with van der Waals surface area (Å²) in [6.45, 7) is 4.57. The molecule has 1 saturated carbocycles. The lowest BCUT2D eigenvalue weighted by Gasteiger charge is -2.26. The van der Waals surface area contributed by atoms with E-state index in [1.54, 1.807) is 37.0 Å². The molecule has 45 heavy (non-hydrogen) atoms. The lowest BCUT2D eigenvalue weighted by atomic mass is 10.1. The van der Waals surface area contributed by atoms with Crippen molar-refractivity contribution in [3.8, 4) is 5.75 Å². The van der Waals surface area contributed by atoms with Crippen LogP contribution in [0.4, 0.5) is 21.6 Å². The Morgan fingerprint density at radius 3 is 2.38 bits per heavy atom. The van der Waals surface area contributed by atoms with Crippen LogP contribution in [0.1, 0.15) is 39.5 Å². The van der Waals surface area contributed by atoms with E-state index in [-0.39, 0.29) is 24.8 Å². The highest BCUT2D eigenvalue weighted by atomic mass is 35.5. The summed E-state index contributed by atoms with van der Waals surface area (Å²) in [5.41, 5.74) is 1.50. The molecule has 2 aliphatic rings. The number of ether oxygens (including phenoxy) is 3. The Balaban J connectivity index is 1.36. The lowest BCUT2D eigenvalue weighted by molar-refractivity contribution is -0.153. The van der Waals surface area contributed by atoms with E-state index < -0.39 is 35.7 Å². The lowest BCUT2D eigenvalue weighted by Crippen LogP contribution is -2.45. The molecule has 0 radical (unpaired) electrons. The second kappa shape index (κ2) is 14.7. The number of nitrogens with zero attached hydrogens (tertiary/aromatic N) is 3. The average molecular weight is 640 g/mol. The minimum absolute atomic E-state index is 0.0371. The van der Waals surface area contributed by atoms with Crippen LogP contribution in [0.5, 0.6) is 5.75 Å². The number of benzene rings is 2. The first-order chi connectivity index (χ1) is 21.8. The molecule has 0 spiro atoms. The Morgan fingerprint density at radius 1 is 1.02 bits per heavy atom. The summed E-state index contributed by atoms with van der Waals surface area (Å²) in [7, 11) is 0. The van der Waals surface area contributed by atoms with E-state index >= 15 is 0 Å². The maximum atomic E-state index is 13.7. The fourth-order valence-electron chi connectivity index (χ4n) is 5.16. The highest BCUT2D eigenvalue weighted by Gasteiger charge is 2.42. The Hall–Kier alpha value is -4.29. The van der Waals surface area contributed by atoms with Gasteiger partial charge in [0.05, 0.1) is 36.0 Å². The third-order valence-electron chi connectivity index (χ3n) is 7.57. The minimum Gasteiger partial charge on any atom is -0.491 e. The van der Waals surface area contributed by atoms with Gasteiger partial charge in [0.25, 0.3) is 0 Å². The predicted octanol–water partition coefficient (Wildman–Crippen LogP) is 5.41. The van der Waals surface area contributed by atoms with Crippen molar-refractivity contribution < 1.29 is 33.0 Å². The van der Waals surface area contributed by atoms with Crippen LogP contribution in [-0.2, 0) is 23.9 Å². The molecule has 5 rings (SSSR count). The van der Waals surface area contributed by atoms with Gasteiger partial charge >= 0.3 is 11.9 Å². The van der Waals surface area contributed by atoms with Gasteiger partial charge in [0.1, 0.15) is 35.8 Å². The van der Waals surface area contributed by atoms with Crippen molar-refractivity contribution in [1.29, 1.82) is 0 Å². The second-order valence-corrected chi connectivity index (χ2v) is 11.2. The van der Waals surface area contributed by atoms with Crippen molar-refractivity contribution in [3.05, 3.63) is 59.7 Å². The van der Waals surface area contributed by atoms with Crippen LogP contribution in [0.2, 0.25) is 5.02 Å². The summed E-state index contributed by atoms with van der Waals surface area (Å²) in [5.74, 6) is -0.461. The average Bonchev–Trinajstić information content (AvgIpc) is 3.75. The molecule has 3 aromatic rings. The molecule has 2 fully saturated rings. The van der Waals surface area contributed by atoms with Crippen LogP contribution in [0.3, 0.4) is 0 Å². The monoisotopic (exact) mass is 639 g/mol. The predicted molar refractivity (Wildman–Crippen MR) is 167 cm³/mol. The zero-order valence-electron chi connectivity index (χ0n) is 25.1. The molecule has 2 N–H and O–H groups in total. The van der Waals surface area contributed by atoms with Crippen molar-refractivity contribution in [2.75, 3.05) is 37.0 Å². The third-order valence-corrected chi connectivity index (χ3v) is 7.85. The molecule has 11 nitrogen and oxygen atoms in total. The molecule has 1 aliphatic carbocycles. The fourth-order valence-corrected chi connectivity index (χ4v) is 5.34. The Kier molecular flexibility index (Phi) is 10.5. The van der Waals surface area contributed by atoms with Crippen molar-refractivity contribution in [1.82, 2.24) is 14.9 Å². The number of halogens is 2. The van der Waals surface area contributed by atoms with Crippen LogP contribution in [0.15, 0.2) is 48.8 Å². The molecule has 1 aromatic heterocycles. The van der Waals surface area contributed by atoms with Gasteiger partial charge in [0, 0.05) is 29.8 Å². The number of hydrogen-bond donors (Lipinski definition) is 2. The molecule has 238 valence electrons. The number of likely N-dealkylation sites (tertiary alicyclic amines) is 1. The van der Waals surface area contributed by atoms with Gasteiger partial charge in [0.2, 0.25) is 5.91 Å². The molecule has 2 aromatic carbocycles. The van der Waals surface area contributed by atoms with Crippen molar-refractivity contribution in [2.24, 2.45) is 5.92 Å². The first-order valence-corrected chi connectivity index (χ1v) is 15.3. The molecule has 2 unspecified atom stereocenters. The Bertz CT molecular complexity index is 1570. The molecule has 0 bridgehead atoms. The summed E-state index contributed by atoms with van der Waals surface area (Å²) < 4.78 is 30.2. The second-order valence-electron chi connectivity index (χ2n) is 10.8. The number of fused-ring (bicyclic) bond motifs is 1. The summed E-state index contributed by atoms with van der Waals surface area (Å²) >= 11 is 5.96. The number of esters is 2. The smallest absolute Gasteiger partial charge is 0.323 e. The molecule has 1 saturated heterocycles. The van der Waals surface area contributed by atoms with Crippen LogP contribution < -0.4 is 15.4 Å². The first-order valence-electron chi connectivity index (χ1n) is 15.0. The summed E-state index contributed by atoms with van der Waals surface area (Å²) in [4.78, 5) is 48.7. The Morgan fingerprint density at radius 2 is 1.73 bits per heavy atom. The number of hydrogen-bond acceptors (Lipinski definition) is 10. The summed E-state index contributed by atoms with van der Waals surface area (Å²) in [5, 5.41) is 6.56. The van der Waals surface area contributed by atoms with Gasteiger partial charge in [-0.15, -0.1) is 0 Å². The quantitative estimate of drug-likeness (QED) is 0.185. The highest BCUT2D eigenvalue weighted by molar-refractivity contribution is 6.31. The highest BCUT2D eigenvalue weighted by Crippen LogP contribution is 2.36. The first kappa shape index (κ1) is 32.1. The number of rotatable bonds is 13. The maximum absolute atomic E-state index is 13.7. The molecule has 2 heterocycles. The van der Waals surface area contributed by atoms with Gasteiger partial charge < -0.3 is 24.8 Å². The molecule has 13 heteroatoms. The molecular formula is C32H35ClFN5O6. The molecular weight excluding hydrogens is 605 g/mol. The van der Waals surface area contributed by atoms with Crippen molar-refractivity contribution >= 4 is 57.5 Å². The largest absolute Gasteiger partial charge is 0.491 e. The van der Waals surface area contributed by atoms with Gasteiger partial charge in [-0.25, -0.2) is 14.4 Å². The van der Waals surface area contributed by atoms with Gasteiger partial charge in [-0.05, 0) is 69.7 Å². The number of nitrogens with one attached hydrogen (secondary N) is 2. The van der Waals surface area contributed by atoms with Crippen LogP contribution in [0, 0.1) is 11.7 Å². The number of carbonyl (C=O) groups is 3. The van der Waals surface area contributed by atoms with Gasteiger partial charge in [-0.1, -0.05) is 17.7 Å². The van der Waals surface area contributed by atoms with E-state index in [9.17, 15) is 18.8 Å². The van der Waals surface area contributed by atoms with E-state index in [0.29, 0.717) is 59.2 Å². The van der Waals surface area contributed by atoms with E-state index in [2.05, 4.69) is 20.6 Å². The number of aromatic nitrogens is 2. The van der Waals surface area contributed by atoms with Gasteiger partial charge in [-0.3, -0.25) is 19.3 Å². The zero-order chi connectivity index (χ0) is 31.9. The normalized spacial score (nSPS) is 18.2. The van der Waals surface area contributed by atoms with Crippen LogP contribution in [0.25, 0.3) is 10.9 Å². The molecule has 1 aliphatic heterocycles. The van der Waals surface area contributed by atoms with Crippen LogP contribution >= 0.6 is 11.6 Å². The van der Waals surface area contributed by atoms with E-state index in [1.807, 2.05) is 0 Å².